The molecule has 3 amide bonds. The fourth-order valence-electron chi connectivity index (χ4n) is 3.41. The van der Waals surface area contributed by atoms with Gasteiger partial charge in [-0.25, -0.2) is 0 Å². The van der Waals surface area contributed by atoms with Crippen LogP contribution in [0.3, 0.4) is 0 Å². The van der Waals surface area contributed by atoms with Gasteiger partial charge in [-0.1, -0.05) is 6.07 Å². The van der Waals surface area contributed by atoms with Gasteiger partial charge in [-0.3, -0.25) is 14.4 Å². The number of benzene rings is 2. The van der Waals surface area contributed by atoms with Crippen molar-refractivity contribution in [2.24, 2.45) is 5.92 Å². The van der Waals surface area contributed by atoms with E-state index in [0.29, 0.717) is 11.4 Å². The van der Waals surface area contributed by atoms with Gasteiger partial charge in [-0.05, 0) is 68.3 Å². The van der Waals surface area contributed by atoms with E-state index in [-0.39, 0.29) is 43.8 Å². The third-order valence-electron chi connectivity index (χ3n) is 5.38. The van der Waals surface area contributed by atoms with E-state index in [1.165, 1.54) is 0 Å². The number of nitrogens with zero attached hydrogens (tertiary/aromatic N) is 1. The van der Waals surface area contributed by atoms with E-state index in [1.54, 1.807) is 36.1 Å². The summed E-state index contributed by atoms with van der Waals surface area (Å²) in [6.45, 7) is 5.88. The Morgan fingerprint density at radius 1 is 1.16 bits per heavy atom. The number of anilines is 2. The molecule has 0 unspecified atom stereocenters. The zero-order valence-corrected chi connectivity index (χ0v) is 18.6. The Kier molecular flexibility index (Phi) is 7.48. The van der Waals surface area contributed by atoms with Crippen LogP contribution in [0, 0.1) is 19.8 Å². The van der Waals surface area contributed by atoms with Gasteiger partial charge in [0.15, 0.2) is 6.61 Å². The van der Waals surface area contributed by atoms with Gasteiger partial charge in [0.1, 0.15) is 5.75 Å². The fraction of sp³-hybridized carbons (Fsp3) is 0.375. The first-order chi connectivity index (χ1) is 15.2. The molecule has 0 radical (unpaired) electrons. The van der Waals surface area contributed by atoms with Crippen molar-refractivity contribution in [2.45, 2.75) is 33.3 Å². The molecule has 1 aliphatic rings. The molecule has 3 rings (SSSR count). The van der Waals surface area contributed by atoms with Crippen LogP contribution in [-0.4, -0.2) is 48.6 Å². The van der Waals surface area contributed by atoms with E-state index in [4.69, 9.17) is 4.74 Å². The predicted octanol–water partition coefficient (Wildman–Crippen LogP) is 2.17. The molecule has 8 heteroatoms. The molecule has 8 nitrogen and oxygen atoms in total. The summed E-state index contributed by atoms with van der Waals surface area (Å²) in [6, 6.07) is 12.5. The zero-order chi connectivity index (χ0) is 23.3. The van der Waals surface area contributed by atoms with Crippen LogP contribution < -0.4 is 20.3 Å². The quantitative estimate of drug-likeness (QED) is 0.584. The number of rotatable bonds is 8. The lowest BCUT2D eigenvalue weighted by atomic mass is 10.1. The Morgan fingerprint density at radius 2 is 1.88 bits per heavy atom. The number of ether oxygens (including phenoxy) is 1. The monoisotopic (exact) mass is 439 g/mol. The maximum absolute atomic E-state index is 12.4. The highest BCUT2D eigenvalue weighted by atomic mass is 16.5. The van der Waals surface area contributed by atoms with Gasteiger partial charge >= 0.3 is 0 Å². The minimum atomic E-state index is -0.636. The molecule has 0 saturated carbocycles. The summed E-state index contributed by atoms with van der Waals surface area (Å²) >= 11 is 0. The van der Waals surface area contributed by atoms with E-state index >= 15 is 0 Å². The van der Waals surface area contributed by atoms with E-state index in [9.17, 15) is 19.5 Å². The summed E-state index contributed by atoms with van der Waals surface area (Å²) in [5, 5.41) is 14.8. The van der Waals surface area contributed by atoms with Crippen molar-refractivity contribution in [3.63, 3.8) is 0 Å². The summed E-state index contributed by atoms with van der Waals surface area (Å²) in [6.07, 6.45) is -0.509. The number of carbonyl (C=O) groups excluding carboxylic acids is 3. The Labute approximate surface area is 187 Å². The number of hydrogen-bond acceptors (Lipinski definition) is 5. The summed E-state index contributed by atoms with van der Waals surface area (Å²) in [7, 11) is 0. The highest BCUT2D eigenvalue weighted by Crippen LogP contribution is 2.27. The number of hydrogen-bond donors (Lipinski definition) is 3. The molecule has 2 aromatic rings. The Balaban J connectivity index is 1.51. The Hall–Kier alpha value is -3.39. The Bertz CT molecular complexity index is 988. The molecule has 1 aliphatic heterocycles. The molecule has 0 spiro atoms. The number of aliphatic hydroxyl groups excluding tert-OH is 1. The maximum atomic E-state index is 12.4. The first-order valence-corrected chi connectivity index (χ1v) is 10.6. The SMILES string of the molecule is Cc1ccc(NC(=O)COc2ccc(N3C[C@H](C(=O)NC[C@@H](C)O)CC3=O)cc2)cc1C. The molecular formula is C24H29N3O5. The van der Waals surface area contributed by atoms with Crippen LogP contribution in [-0.2, 0) is 14.4 Å². The first kappa shape index (κ1) is 23.3. The van der Waals surface area contributed by atoms with Crippen molar-refractivity contribution >= 4 is 29.1 Å². The van der Waals surface area contributed by atoms with Crippen molar-refractivity contribution in [3.05, 3.63) is 53.6 Å². The van der Waals surface area contributed by atoms with Crippen molar-refractivity contribution in [1.29, 1.82) is 0 Å². The minimum Gasteiger partial charge on any atom is -0.484 e. The van der Waals surface area contributed by atoms with E-state index < -0.39 is 12.0 Å². The average molecular weight is 440 g/mol. The largest absolute Gasteiger partial charge is 0.484 e. The van der Waals surface area contributed by atoms with Gasteiger partial charge in [-0.15, -0.1) is 0 Å². The van der Waals surface area contributed by atoms with Gasteiger partial charge in [-0.2, -0.15) is 0 Å². The summed E-state index contributed by atoms with van der Waals surface area (Å²) in [5.41, 5.74) is 3.63. The van der Waals surface area contributed by atoms with Gasteiger partial charge < -0.3 is 25.4 Å². The van der Waals surface area contributed by atoms with Crippen molar-refractivity contribution in [3.8, 4) is 5.75 Å². The highest BCUT2D eigenvalue weighted by molar-refractivity contribution is 6.00. The number of amides is 3. The van der Waals surface area contributed by atoms with Crippen LogP contribution >= 0.6 is 0 Å². The van der Waals surface area contributed by atoms with Gasteiger partial charge in [0.05, 0.1) is 12.0 Å². The number of carbonyl (C=O) groups is 3. The van der Waals surface area contributed by atoms with Crippen molar-refractivity contribution in [1.82, 2.24) is 5.32 Å². The standard InChI is InChI=1S/C24H29N3O5/c1-15-4-5-19(10-16(15)2)26-22(29)14-32-21-8-6-20(7-9-21)27-13-18(11-23(27)30)24(31)25-12-17(3)28/h4-10,17-18,28H,11-14H2,1-3H3,(H,25,31)(H,26,29)/t17-,18-/m1/s1. The average Bonchev–Trinajstić information content (AvgIpc) is 3.15. The van der Waals surface area contributed by atoms with Gasteiger partial charge in [0, 0.05) is 30.9 Å². The van der Waals surface area contributed by atoms with Crippen molar-refractivity contribution < 1.29 is 24.2 Å². The minimum absolute atomic E-state index is 0.128. The fourth-order valence-corrected chi connectivity index (χ4v) is 3.41. The maximum Gasteiger partial charge on any atom is 0.262 e. The second kappa shape index (κ2) is 10.3. The van der Waals surface area contributed by atoms with Gasteiger partial charge in [0.25, 0.3) is 5.91 Å². The normalized spacial score (nSPS) is 16.6. The molecular weight excluding hydrogens is 410 g/mol. The Morgan fingerprint density at radius 3 is 2.53 bits per heavy atom. The van der Waals surface area contributed by atoms with E-state index in [0.717, 1.165) is 16.8 Å². The van der Waals surface area contributed by atoms with E-state index in [1.807, 2.05) is 32.0 Å². The molecule has 0 bridgehead atoms. The summed E-state index contributed by atoms with van der Waals surface area (Å²) < 4.78 is 5.55. The molecule has 170 valence electrons. The van der Waals surface area contributed by atoms with Gasteiger partial charge in [0.2, 0.25) is 11.8 Å². The summed E-state index contributed by atoms with van der Waals surface area (Å²) in [4.78, 5) is 38.3. The van der Waals surface area contributed by atoms with Crippen LogP contribution in [0.2, 0.25) is 0 Å². The van der Waals surface area contributed by atoms with Crippen molar-refractivity contribution in [2.75, 3.05) is 29.9 Å². The predicted molar refractivity (Wildman–Crippen MR) is 122 cm³/mol. The van der Waals surface area contributed by atoms with Crippen LogP contribution in [0.4, 0.5) is 11.4 Å². The second-order valence-electron chi connectivity index (χ2n) is 8.13. The number of aryl methyl sites for hydroxylation is 2. The molecule has 1 saturated heterocycles. The lowest BCUT2D eigenvalue weighted by molar-refractivity contribution is -0.126. The highest BCUT2D eigenvalue weighted by Gasteiger charge is 2.35. The summed E-state index contributed by atoms with van der Waals surface area (Å²) in [5.74, 6) is -0.591. The molecule has 32 heavy (non-hydrogen) atoms. The number of nitrogens with one attached hydrogen (secondary N) is 2. The second-order valence-corrected chi connectivity index (χ2v) is 8.13. The molecule has 0 aromatic heterocycles. The van der Waals surface area contributed by atoms with Crippen LogP contribution in [0.1, 0.15) is 24.5 Å². The lowest BCUT2D eigenvalue weighted by Gasteiger charge is -2.17. The molecule has 2 aromatic carbocycles. The van der Waals surface area contributed by atoms with Crippen LogP contribution in [0.5, 0.6) is 5.75 Å². The molecule has 2 atom stereocenters. The van der Waals surface area contributed by atoms with E-state index in [2.05, 4.69) is 10.6 Å². The molecule has 0 aliphatic carbocycles. The smallest absolute Gasteiger partial charge is 0.262 e. The topological polar surface area (TPSA) is 108 Å². The molecule has 3 N–H and O–H groups in total. The molecule has 1 fully saturated rings. The first-order valence-electron chi connectivity index (χ1n) is 10.6. The van der Waals surface area contributed by atoms with Crippen LogP contribution in [0.15, 0.2) is 42.5 Å². The number of aliphatic hydroxyl groups is 1. The third-order valence-corrected chi connectivity index (χ3v) is 5.38. The van der Waals surface area contributed by atoms with Crippen LogP contribution in [0.25, 0.3) is 0 Å². The lowest BCUT2D eigenvalue weighted by Crippen LogP contribution is -2.36. The zero-order valence-electron chi connectivity index (χ0n) is 18.6. The third kappa shape index (κ3) is 6.07. The molecule has 1 heterocycles.